The Morgan fingerprint density at radius 3 is 3.00 bits per heavy atom. The van der Waals surface area contributed by atoms with Crippen LogP contribution in [0.2, 0.25) is 0 Å². The van der Waals surface area contributed by atoms with Crippen molar-refractivity contribution in [2.75, 3.05) is 0 Å². The summed E-state index contributed by atoms with van der Waals surface area (Å²) < 4.78 is 8.06. The van der Waals surface area contributed by atoms with Crippen molar-refractivity contribution in [3.8, 4) is 5.75 Å². The van der Waals surface area contributed by atoms with Crippen molar-refractivity contribution in [3.05, 3.63) is 27.3 Å². The molecule has 0 fully saturated rings. The van der Waals surface area contributed by atoms with E-state index in [9.17, 15) is 9.90 Å². The molecule has 0 radical (unpaired) electrons. The first-order valence-electron chi connectivity index (χ1n) is 4.34. The first-order chi connectivity index (χ1) is 7.04. The summed E-state index contributed by atoms with van der Waals surface area (Å²) in [5.74, 6) is -0.957. The van der Waals surface area contributed by atoms with Gasteiger partial charge >= 0.3 is 95.2 Å². The molecule has 0 aliphatic carbocycles. The monoisotopic (exact) mass is 309 g/mol. The topological polar surface area (TPSA) is 83.5 Å². The summed E-state index contributed by atoms with van der Waals surface area (Å²) >= 11 is -0.939. The number of aliphatic carboxylic acids is 1. The number of benzene rings is 1. The molecule has 4 N–H and O–H groups in total. The Hall–Kier alpha value is -0.820. The molecule has 0 amide bonds. The average molecular weight is 309 g/mol. The minimum absolute atomic E-state index is 0.101. The van der Waals surface area contributed by atoms with Gasteiger partial charge in [-0.25, -0.2) is 0 Å². The minimum atomic E-state index is -1.06. The van der Waals surface area contributed by atoms with Gasteiger partial charge < -0.3 is 0 Å². The Morgan fingerprint density at radius 1 is 1.71 bits per heavy atom. The van der Waals surface area contributed by atoms with Crippen LogP contribution in [0.15, 0.2) is 18.2 Å². The van der Waals surface area contributed by atoms with Crippen molar-refractivity contribution < 1.29 is 37.4 Å². The molecular weight excluding hydrogens is 297 g/mol. The molecule has 1 aromatic rings. The number of halogens is 1. The van der Waals surface area contributed by atoms with E-state index in [1.807, 2.05) is 0 Å². The molecule has 0 aromatic heterocycles. The van der Waals surface area contributed by atoms with Crippen LogP contribution in [0.4, 0.5) is 0 Å². The molecule has 0 heterocycles. The summed E-state index contributed by atoms with van der Waals surface area (Å²) in [6.07, 6.45) is 0.198. The van der Waals surface area contributed by atoms with Gasteiger partial charge in [0, 0.05) is 0 Å². The van der Waals surface area contributed by atoms with Crippen LogP contribution in [0.1, 0.15) is 5.56 Å². The number of hydrogen-bond acceptors (Lipinski definition) is 3. The quantitative estimate of drug-likeness (QED) is 0.512. The summed E-state index contributed by atoms with van der Waals surface area (Å²) in [7, 11) is 0. The second-order valence-electron chi connectivity index (χ2n) is 2.92. The number of carboxylic acids is 1. The molecule has 78 valence electrons. The molecule has 0 aliphatic heterocycles. The number of phenolic OH excluding ortho intramolecular Hbond substituents is 1. The first kappa shape index (κ1) is 9.72. The van der Waals surface area contributed by atoms with E-state index < -0.39 is 34.4 Å². The van der Waals surface area contributed by atoms with Gasteiger partial charge in [0.05, 0.1) is 0 Å². The third kappa shape index (κ3) is 2.85. The van der Waals surface area contributed by atoms with Gasteiger partial charge in [-0.15, -0.1) is 0 Å². The fourth-order valence-corrected chi connectivity index (χ4v) is 1.75. The number of phenols is 1. The fourth-order valence-electron chi connectivity index (χ4n) is 1.03. The summed E-state index contributed by atoms with van der Waals surface area (Å²) in [6.45, 7) is 0. The van der Waals surface area contributed by atoms with Crippen LogP contribution in [0, 0.1) is 3.57 Å². The number of carboxylic acid groups (broad SMARTS) is 1. The Kier molecular flexibility index (Phi) is 3.20. The number of carbonyl (C=O) groups is 1. The molecule has 4 nitrogen and oxygen atoms in total. The van der Waals surface area contributed by atoms with Gasteiger partial charge in [0.25, 0.3) is 0 Å². The van der Waals surface area contributed by atoms with Gasteiger partial charge in [-0.05, 0) is 0 Å². The molecule has 1 atom stereocenters. The van der Waals surface area contributed by atoms with Crippen LogP contribution in [-0.2, 0) is 11.2 Å². The van der Waals surface area contributed by atoms with Crippen LogP contribution < -0.4 is 28.1 Å². The van der Waals surface area contributed by atoms with Gasteiger partial charge in [-0.2, -0.15) is 0 Å². The maximum atomic E-state index is 10.6. The van der Waals surface area contributed by atoms with E-state index in [1.54, 1.807) is 6.07 Å². The summed E-state index contributed by atoms with van der Waals surface area (Å²) in [5.41, 5.74) is 6.14. The molecule has 0 saturated heterocycles. The molecule has 0 aliphatic rings. The zero-order chi connectivity index (χ0) is 11.4. The molecule has 0 spiro atoms. The normalized spacial score (nSPS) is 13.6. The SMILES string of the molecule is [2H][I-]c1cc(O)ccc1C[C@H](N)C(=O)O. The molecule has 0 saturated carbocycles. The second-order valence-corrected chi connectivity index (χ2v) is 4.09. The van der Waals surface area contributed by atoms with Gasteiger partial charge in [-0.1, -0.05) is 0 Å². The van der Waals surface area contributed by atoms with E-state index in [2.05, 4.69) is 0 Å². The van der Waals surface area contributed by atoms with E-state index >= 15 is 0 Å². The van der Waals surface area contributed by atoms with Crippen molar-refractivity contribution in [2.45, 2.75) is 12.5 Å². The first-order valence-corrected chi connectivity index (χ1v) is 5.04. The third-order valence-corrected chi connectivity index (χ3v) is 2.80. The van der Waals surface area contributed by atoms with Crippen LogP contribution in [0.5, 0.6) is 5.75 Å². The van der Waals surface area contributed by atoms with E-state index in [0.29, 0.717) is 3.57 Å². The Balaban J connectivity index is 2.89. The summed E-state index contributed by atoms with van der Waals surface area (Å²) in [6, 6.07) is 3.66. The van der Waals surface area contributed by atoms with Gasteiger partial charge in [0.2, 0.25) is 0 Å². The third-order valence-electron chi connectivity index (χ3n) is 1.79. The summed E-state index contributed by atoms with van der Waals surface area (Å²) in [4.78, 5) is 10.6. The molecule has 0 bridgehead atoms. The van der Waals surface area contributed by atoms with Crippen LogP contribution >= 0.6 is 0 Å². The van der Waals surface area contributed by atoms with E-state index in [1.165, 1.54) is 12.1 Å². The average Bonchev–Trinajstić information content (AvgIpc) is 2.20. The van der Waals surface area contributed by atoms with Crippen molar-refractivity contribution >= 4 is 5.97 Å². The van der Waals surface area contributed by atoms with Crippen LogP contribution in [-0.4, -0.2) is 22.8 Å². The molecule has 0 unspecified atom stereocenters. The standard InChI is InChI=1S/C9H11INO3/c10-7-4-6(12)2-1-5(7)3-8(11)9(13)14/h1-2,4,8,10,12H,3,11H2,(H,13,14)/q-1/t8-/m0/s1/i10D. The molecular formula is C9H11INO3-. The molecule has 1 aromatic carbocycles. The fraction of sp³-hybridized carbons (Fsp3) is 0.222. The second kappa shape index (κ2) is 4.61. The number of nitrogens with two attached hydrogens (primary N) is 1. The molecule has 1 rings (SSSR count). The van der Waals surface area contributed by atoms with Gasteiger partial charge in [0.15, 0.2) is 0 Å². The number of hydrogen-bond donors (Lipinski definition) is 3. The van der Waals surface area contributed by atoms with Crippen molar-refractivity contribution in [3.63, 3.8) is 0 Å². The number of rotatable bonds is 4. The van der Waals surface area contributed by atoms with Crippen LogP contribution in [0.3, 0.4) is 0 Å². The summed E-state index contributed by atoms with van der Waals surface area (Å²) in [5, 5.41) is 17.8. The van der Waals surface area contributed by atoms with Crippen LogP contribution in [0.25, 0.3) is 0 Å². The zero-order valence-corrected chi connectivity index (χ0v) is 9.43. The van der Waals surface area contributed by atoms with Crippen molar-refractivity contribution in [2.24, 2.45) is 5.73 Å². The van der Waals surface area contributed by atoms with Gasteiger partial charge in [0.1, 0.15) is 0 Å². The van der Waals surface area contributed by atoms with E-state index in [-0.39, 0.29) is 12.2 Å². The van der Waals surface area contributed by atoms with Gasteiger partial charge in [-0.3, -0.25) is 0 Å². The Bertz CT molecular complexity index is 372. The van der Waals surface area contributed by atoms with E-state index in [4.69, 9.17) is 11.4 Å². The Morgan fingerprint density at radius 2 is 2.43 bits per heavy atom. The van der Waals surface area contributed by atoms with E-state index in [0.717, 1.165) is 5.56 Å². The predicted molar refractivity (Wildman–Crippen MR) is 47.5 cm³/mol. The van der Waals surface area contributed by atoms with Crippen molar-refractivity contribution in [1.29, 1.82) is 0.594 Å². The molecule has 14 heavy (non-hydrogen) atoms. The predicted octanol–water partition coefficient (Wildman–Crippen LogP) is -3.20. The van der Waals surface area contributed by atoms with Crippen molar-refractivity contribution in [1.82, 2.24) is 0 Å². The maximum absolute atomic E-state index is 10.6. The molecule has 5 heteroatoms. The zero-order valence-electron chi connectivity index (χ0n) is 8.27. The Labute approximate surface area is 95.3 Å². The number of aromatic hydroxyl groups is 1.